The van der Waals surface area contributed by atoms with E-state index in [9.17, 15) is 14.9 Å². The second kappa shape index (κ2) is 6.82. The van der Waals surface area contributed by atoms with Crippen molar-refractivity contribution in [2.45, 2.75) is 45.7 Å². The molecule has 0 bridgehead atoms. The van der Waals surface area contributed by atoms with Gasteiger partial charge in [0.05, 0.1) is 0 Å². The van der Waals surface area contributed by atoms with Gasteiger partial charge in [0, 0.05) is 18.4 Å². The van der Waals surface area contributed by atoms with Crippen LogP contribution in [0.4, 0.5) is 5.82 Å². The summed E-state index contributed by atoms with van der Waals surface area (Å²) in [5, 5.41) is 13.7. The summed E-state index contributed by atoms with van der Waals surface area (Å²) >= 11 is 0. The summed E-state index contributed by atoms with van der Waals surface area (Å²) in [6.07, 6.45) is 1.28. The standard InChI is InChI=1S/C17H22N4O3/c1-12(17(3,4)14-8-6-5-7-9-14)18-16(22)11-20-10-15(21(23)24)19-13(20)2/h5-10,12H,11H2,1-4H3,(H,18,22)/t12-/m0/s1. The van der Waals surface area contributed by atoms with E-state index in [0.29, 0.717) is 5.82 Å². The SMILES string of the molecule is Cc1nc([N+](=O)[O-])cn1CC(=O)N[C@@H](C)C(C)(C)c1ccccc1. The minimum absolute atomic E-state index is 0.00187. The second-order valence-electron chi connectivity index (χ2n) is 6.41. The molecule has 24 heavy (non-hydrogen) atoms. The van der Waals surface area contributed by atoms with Gasteiger partial charge >= 0.3 is 5.82 Å². The summed E-state index contributed by atoms with van der Waals surface area (Å²) in [6, 6.07) is 9.86. The minimum atomic E-state index is -0.567. The highest BCUT2D eigenvalue weighted by atomic mass is 16.6. The molecule has 0 spiro atoms. The molecule has 2 rings (SSSR count). The van der Waals surface area contributed by atoms with E-state index in [1.54, 1.807) is 6.92 Å². The van der Waals surface area contributed by atoms with Gasteiger partial charge in [-0.25, -0.2) is 0 Å². The third-order valence-electron chi connectivity index (χ3n) is 4.44. The Bertz CT molecular complexity index is 738. The van der Waals surface area contributed by atoms with Gasteiger partial charge < -0.3 is 15.4 Å². The van der Waals surface area contributed by atoms with E-state index >= 15 is 0 Å². The number of nitrogens with zero attached hydrogens (tertiary/aromatic N) is 3. The monoisotopic (exact) mass is 330 g/mol. The first-order chi connectivity index (χ1) is 11.2. The number of hydrogen-bond acceptors (Lipinski definition) is 4. The zero-order chi connectivity index (χ0) is 17.9. The Morgan fingerprint density at radius 2 is 2.00 bits per heavy atom. The largest absolute Gasteiger partial charge is 0.381 e. The van der Waals surface area contributed by atoms with Crippen LogP contribution in [0.3, 0.4) is 0 Å². The quantitative estimate of drug-likeness (QED) is 0.651. The van der Waals surface area contributed by atoms with E-state index in [-0.39, 0.29) is 29.7 Å². The number of amides is 1. The maximum absolute atomic E-state index is 12.3. The average molecular weight is 330 g/mol. The number of rotatable bonds is 6. The minimum Gasteiger partial charge on any atom is -0.358 e. The van der Waals surface area contributed by atoms with Crippen LogP contribution in [0, 0.1) is 17.0 Å². The first-order valence-electron chi connectivity index (χ1n) is 7.75. The van der Waals surface area contributed by atoms with Crippen molar-refractivity contribution >= 4 is 11.7 Å². The maximum atomic E-state index is 12.3. The van der Waals surface area contributed by atoms with Gasteiger partial charge in [-0.1, -0.05) is 44.2 Å². The molecular weight excluding hydrogens is 308 g/mol. The number of aromatic nitrogens is 2. The van der Waals surface area contributed by atoms with Crippen LogP contribution >= 0.6 is 0 Å². The summed E-state index contributed by atoms with van der Waals surface area (Å²) in [6.45, 7) is 7.73. The summed E-state index contributed by atoms with van der Waals surface area (Å²) in [5.41, 5.74) is 0.889. The van der Waals surface area contributed by atoms with Crippen LogP contribution in [-0.2, 0) is 16.8 Å². The molecule has 1 heterocycles. The molecule has 7 heteroatoms. The van der Waals surface area contributed by atoms with Crippen LogP contribution in [0.25, 0.3) is 0 Å². The smallest absolute Gasteiger partial charge is 0.358 e. The van der Waals surface area contributed by atoms with Gasteiger partial charge in [0.15, 0.2) is 0 Å². The maximum Gasteiger partial charge on any atom is 0.381 e. The highest BCUT2D eigenvalue weighted by Crippen LogP contribution is 2.26. The number of carbonyl (C=O) groups excluding carboxylic acids is 1. The summed E-state index contributed by atoms with van der Waals surface area (Å²) in [4.78, 5) is 26.3. The zero-order valence-electron chi connectivity index (χ0n) is 14.3. The first-order valence-corrected chi connectivity index (χ1v) is 7.75. The van der Waals surface area contributed by atoms with Gasteiger partial charge in [-0.2, -0.15) is 0 Å². The van der Waals surface area contributed by atoms with Crippen molar-refractivity contribution in [3.63, 3.8) is 0 Å². The van der Waals surface area contributed by atoms with Gasteiger partial charge in [-0.3, -0.25) is 9.36 Å². The van der Waals surface area contributed by atoms with Crippen molar-refractivity contribution < 1.29 is 9.72 Å². The lowest BCUT2D eigenvalue weighted by atomic mass is 9.78. The number of carbonyl (C=O) groups is 1. The third kappa shape index (κ3) is 3.79. The average Bonchev–Trinajstić information content (AvgIpc) is 2.89. The van der Waals surface area contributed by atoms with Gasteiger partial charge in [-0.05, 0) is 22.4 Å². The van der Waals surface area contributed by atoms with Gasteiger partial charge in [0.25, 0.3) is 0 Å². The van der Waals surface area contributed by atoms with Crippen LogP contribution in [0.2, 0.25) is 0 Å². The van der Waals surface area contributed by atoms with E-state index in [2.05, 4.69) is 24.1 Å². The molecule has 1 amide bonds. The Kier molecular flexibility index (Phi) is 5.02. The molecule has 0 aliphatic carbocycles. The fourth-order valence-corrected chi connectivity index (χ4v) is 2.48. The van der Waals surface area contributed by atoms with Crippen LogP contribution < -0.4 is 5.32 Å². The van der Waals surface area contributed by atoms with Crippen LogP contribution in [0.1, 0.15) is 32.2 Å². The van der Waals surface area contributed by atoms with Crippen LogP contribution in [0.5, 0.6) is 0 Å². The molecule has 0 aliphatic rings. The molecule has 0 radical (unpaired) electrons. The van der Waals surface area contributed by atoms with Gasteiger partial charge in [0.2, 0.25) is 11.7 Å². The number of aryl methyl sites for hydroxylation is 1. The van der Waals surface area contributed by atoms with Crippen molar-refractivity contribution in [2.24, 2.45) is 0 Å². The Hall–Kier alpha value is -2.70. The molecule has 128 valence electrons. The number of nitro groups is 1. The van der Waals surface area contributed by atoms with Crippen LogP contribution in [0.15, 0.2) is 36.5 Å². The fraction of sp³-hybridized carbons (Fsp3) is 0.412. The molecule has 0 aliphatic heterocycles. The normalized spacial score (nSPS) is 12.7. The van der Waals surface area contributed by atoms with Crippen molar-refractivity contribution in [2.75, 3.05) is 0 Å². The van der Waals surface area contributed by atoms with Crippen LogP contribution in [-0.4, -0.2) is 26.4 Å². The molecule has 2 aromatic rings. The number of imidazole rings is 1. The summed E-state index contributed by atoms with van der Waals surface area (Å²) < 4.78 is 1.48. The summed E-state index contributed by atoms with van der Waals surface area (Å²) in [7, 11) is 0. The van der Waals surface area contributed by atoms with E-state index < -0.39 is 4.92 Å². The molecule has 0 fully saturated rings. The molecule has 0 saturated carbocycles. The Balaban J connectivity index is 2.05. The molecule has 7 nitrogen and oxygen atoms in total. The van der Waals surface area contributed by atoms with Crippen molar-refractivity contribution in [3.05, 3.63) is 58.0 Å². The zero-order valence-corrected chi connectivity index (χ0v) is 14.3. The lowest BCUT2D eigenvalue weighted by molar-refractivity contribution is -0.389. The fourth-order valence-electron chi connectivity index (χ4n) is 2.48. The van der Waals surface area contributed by atoms with Gasteiger partial charge in [0.1, 0.15) is 12.7 Å². The molecule has 0 unspecified atom stereocenters. The van der Waals surface area contributed by atoms with E-state index in [0.717, 1.165) is 5.56 Å². The number of hydrogen-bond donors (Lipinski definition) is 1. The topological polar surface area (TPSA) is 90.1 Å². The first kappa shape index (κ1) is 17.7. The highest BCUT2D eigenvalue weighted by Gasteiger charge is 2.29. The third-order valence-corrected chi connectivity index (χ3v) is 4.44. The Morgan fingerprint density at radius 3 is 2.54 bits per heavy atom. The molecule has 1 atom stereocenters. The Labute approximate surface area is 140 Å². The Morgan fingerprint density at radius 1 is 1.38 bits per heavy atom. The van der Waals surface area contributed by atoms with E-state index in [1.807, 2.05) is 37.3 Å². The molecule has 1 aromatic carbocycles. The molecular formula is C17H22N4O3. The van der Waals surface area contributed by atoms with E-state index in [1.165, 1.54) is 10.8 Å². The highest BCUT2D eigenvalue weighted by molar-refractivity contribution is 5.76. The van der Waals surface area contributed by atoms with Crippen molar-refractivity contribution in [3.8, 4) is 0 Å². The predicted molar refractivity (Wildman–Crippen MR) is 90.7 cm³/mol. The van der Waals surface area contributed by atoms with Crippen molar-refractivity contribution in [1.82, 2.24) is 14.9 Å². The number of nitrogens with one attached hydrogen (secondary N) is 1. The second-order valence-corrected chi connectivity index (χ2v) is 6.41. The molecule has 1 N–H and O–H groups in total. The molecule has 1 aromatic heterocycles. The number of benzene rings is 1. The van der Waals surface area contributed by atoms with Gasteiger partial charge in [-0.15, -0.1) is 0 Å². The predicted octanol–water partition coefficient (Wildman–Crippen LogP) is 2.58. The lowest BCUT2D eigenvalue weighted by Crippen LogP contribution is -2.46. The lowest BCUT2D eigenvalue weighted by Gasteiger charge is -2.33. The molecule has 0 saturated heterocycles. The van der Waals surface area contributed by atoms with Crippen molar-refractivity contribution in [1.29, 1.82) is 0 Å². The van der Waals surface area contributed by atoms with E-state index in [4.69, 9.17) is 0 Å². The summed E-state index contributed by atoms with van der Waals surface area (Å²) in [5.74, 6) is -0.0216.